The summed E-state index contributed by atoms with van der Waals surface area (Å²) < 4.78 is 14.0. The van der Waals surface area contributed by atoms with Crippen LogP contribution in [0.5, 0.6) is 0 Å². The molecule has 0 bridgehead atoms. The molecule has 0 spiro atoms. The third-order valence-electron chi connectivity index (χ3n) is 3.45. The van der Waals surface area contributed by atoms with Crippen molar-refractivity contribution in [1.82, 2.24) is 15.3 Å². The van der Waals surface area contributed by atoms with E-state index < -0.39 is 0 Å². The lowest BCUT2D eigenvalue weighted by atomic mass is 9.98. The van der Waals surface area contributed by atoms with Crippen LogP contribution in [0.1, 0.15) is 25.5 Å². The Bertz CT molecular complexity index is 397. The molecular weight excluding hydrogens is 231 g/mol. The van der Waals surface area contributed by atoms with Crippen molar-refractivity contribution in [1.29, 1.82) is 0 Å². The Kier molecular flexibility index (Phi) is 4.47. The number of piperidine rings is 1. The van der Waals surface area contributed by atoms with Crippen molar-refractivity contribution in [2.24, 2.45) is 5.92 Å². The fraction of sp³-hybridized carbons (Fsp3) is 0.692. The first-order valence-electron chi connectivity index (χ1n) is 6.65. The number of anilines is 1. The van der Waals surface area contributed by atoms with E-state index in [9.17, 15) is 4.39 Å². The van der Waals surface area contributed by atoms with E-state index >= 15 is 0 Å². The highest BCUT2D eigenvalue weighted by Gasteiger charge is 2.23. The Labute approximate surface area is 108 Å². The van der Waals surface area contributed by atoms with Gasteiger partial charge >= 0.3 is 0 Å². The number of rotatable bonds is 4. The SMILES string of the molecule is CCNCC1CCCN(c2ncnc(C)c2F)C1. The van der Waals surface area contributed by atoms with Crippen LogP contribution in [-0.2, 0) is 0 Å². The molecule has 2 heterocycles. The maximum atomic E-state index is 14.0. The molecule has 0 amide bonds. The van der Waals surface area contributed by atoms with Crippen molar-refractivity contribution >= 4 is 5.82 Å². The Morgan fingerprint density at radius 1 is 1.50 bits per heavy atom. The number of aryl methyl sites for hydroxylation is 1. The highest BCUT2D eigenvalue weighted by Crippen LogP contribution is 2.24. The van der Waals surface area contributed by atoms with Crippen molar-refractivity contribution in [3.63, 3.8) is 0 Å². The normalized spacial score (nSPS) is 20.2. The molecule has 5 heteroatoms. The fourth-order valence-corrected chi connectivity index (χ4v) is 2.44. The molecule has 1 N–H and O–H groups in total. The second-order valence-electron chi connectivity index (χ2n) is 4.86. The van der Waals surface area contributed by atoms with Crippen LogP contribution < -0.4 is 10.2 Å². The highest BCUT2D eigenvalue weighted by atomic mass is 19.1. The zero-order valence-corrected chi connectivity index (χ0v) is 11.1. The first kappa shape index (κ1) is 13.2. The molecule has 1 aliphatic rings. The largest absolute Gasteiger partial charge is 0.354 e. The third-order valence-corrected chi connectivity index (χ3v) is 3.45. The number of nitrogens with zero attached hydrogens (tertiary/aromatic N) is 3. The second kappa shape index (κ2) is 6.09. The molecule has 4 nitrogen and oxygen atoms in total. The summed E-state index contributed by atoms with van der Waals surface area (Å²) in [6, 6.07) is 0. The summed E-state index contributed by atoms with van der Waals surface area (Å²) in [4.78, 5) is 10.0. The number of hydrogen-bond donors (Lipinski definition) is 1. The van der Waals surface area contributed by atoms with Gasteiger partial charge in [-0.1, -0.05) is 6.92 Å². The molecule has 1 unspecified atom stereocenters. The van der Waals surface area contributed by atoms with Gasteiger partial charge in [0.15, 0.2) is 11.6 Å². The third kappa shape index (κ3) is 2.96. The van der Waals surface area contributed by atoms with Crippen LogP contribution >= 0.6 is 0 Å². The number of hydrogen-bond acceptors (Lipinski definition) is 4. The predicted octanol–water partition coefficient (Wildman–Crippen LogP) is 1.75. The van der Waals surface area contributed by atoms with Crippen LogP contribution in [0, 0.1) is 18.7 Å². The van der Waals surface area contributed by atoms with Gasteiger partial charge in [-0.05, 0) is 38.8 Å². The van der Waals surface area contributed by atoms with E-state index in [1.165, 1.54) is 12.7 Å². The van der Waals surface area contributed by atoms with Crippen molar-refractivity contribution in [3.8, 4) is 0 Å². The minimum Gasteiger partial charge on any atom is -0.354 e. The van der Waals surface area contributed by atoms with E-state index in [2.05, 4.69) is 27.1 Å². The van der Waals surface area contributed by atoms with Gasteiger partial charge in [-0.3, -0.25) is 0 Å². The van der Waals surface area contributed by atoms with Gasteiger partial charge in [0.05, 0.1) is 5.69 Å². The minimum absolute atomic E-state index is 0.276. The number of aromatic nitrogens is 2. The van der Waals surface area contributed by atoms with Gasteiger partial charge in [0.1, 0.15) is 6.33 Å². The van der Waals surface area contributed by atoms with Crippen molar-refractivity contribution in [3.05, 3.63) is 17.8 Å². The topological polar surface area (TPSA) is 41.0 Å². The van der Waals surface area contributed by atoms with Crippen LogP contribution in [-0.4, -0.2) is 36.1 Å². The van der Waals surface area contributed by atoms with Crippen LogP contribution in [0.3, 0.4) is 0 Å². The molecule has 1 saturated heterocycles. The zero-order chi connectivity index (χ0) is 13.0. The summed E-state index contributed by atoms with van der Waals surface area (Å²) >= 11 is 0. The van der Waals surface area contributed by atoms with E-state index in [0.29, 0.717) is 17.4 Å². The van der Waals surface area contributed by atoms with Gasteiger partial charge in [-0.25, -0.2) is 14.4 Å². The molecule has 2 rings (SSSR count). The molecule has 1 aliphatic heterocycles. The summed E-state index contributed by atoms with van der Waals surface area (Å²) in [5.74, 6) is 0.763. The quantitative estimate of drug-likeness (QED) is 0.886. The second-order valence-corrected chi connectivity index (χ2v) is 4.86. The summed E-state index contributed by atoms with van der Waals surface area (Å²) in [6.07, 6.45) is 3.75. The molecule has 18 heavy (non-hydrogen) atoms. The highest BCUT2D eigenvalue weighted by molar-refractivity contribution is 5.41. The number of nitrogens with one attached hydrogen (secondary N) is 1. The van der Waals surface area contributed by atoms with E-state index in [1.54, 1.807) is 6.92 Å². The first-order valence-corrected chi connectivity index (χ1v) is 6.65. The average Bonchev–Trinajstić information content (AvgIpc) is 2.40. The zero-order valence-electron chi connectivity index (χ0n) is 11.1. The summed E-state index contributed by atoms with van der Waals surface area (Å²) in [6.45, 7) is 7.53. The fourth-order valence-electron chi connectivity index (χ4n) is 2.44. The first-order chi connectivity index (χ1) is 8.72. The maximum absolute atomic E-state index is 14.0. The molecule has 0 radical (unpaired) electrons. The van der Waals surface area contributed by atoms with Gasteiger partial charge < -0.3 is 10.2 Å². The minimum atomic E-state index is -0.276. The molecule has 1 atom stereocenters. The Morgan fingerprint density at radius 3 is 3.11 bits per heavy atom. The Balaban J connectivity index is 2.06. The molecule has 0 saturated carbocycles. The van der Waals surface area contributed by atoms with E-state index in [-0.39, 0.29) is 5.82 Å². The maximum Gasteiger partial charge on any atom is 0.186 e. The molecule has 0 aliphatic carbocycles. The summed E-state index contributed by atoms with van der Waals surface area (Å²) in [7, 11) is 0. The monoisotopic (exact) mass is 252 g/mol. The number of halogens is 1. The molecule has 1 fully saturated rings. The summed E-state index contributed by atoms with van der Waals surface area (Å²) in [5, 5.41) is 3.36. The van der Waals surface area contributed by atoms with Crippen LogP contribution in [0.25, 0.3) is 0 Å². The lowest BCUT2D eigenvalue weighted by Crippen LogP contribution is -2.40. The standard InChI is InChI=1S/C13H21FN4/c1-3-15-7-11-5-4-6-18(8-11)13-12(14)10(2)16-9-17-13/h9,11,15H,3-8H2,1-2H3. The van der Waals surface area contributed by atoms with Crippen LogP contribution in [0.4, 0.5) is 10.2 Å². The van der Waals surface area contributed by atoms with Crippen LogP contribution in [0.15, 0.2) is 6.33 Å². The van der Waals surface area contributed by atoms with Gasteiger partial charge in [0, 0.05) is 13.1 Å². The van der Waals surface area contributed by atoms with Crippen molar-refractivity contribution < 1.29 is 4.39 Å². The predicted molar refractivity (Wildman–Crippen MR) is 70.2 cm³/mol. The lowest BCUT2D eigenvalue weighted by Gasteiger charge is -2.33. The molecule has 1 aromatic rings. The smallest absolute Gasteiger partial charge is 0.186 e. The van der Waals surface area contributed by atoms with Crippen molar-refractivity contribution in [2.75, 3.05) is 31.1 Å². The van der Waals surface area contributed by atoms with Gasteiger partial charge in [-0.15, -0.1) is 0 Å². The Morgan fingerprint density at radius 2 is 2.33 bits per heavy atom. The Hall–Kier alpha value is -1.23. The molecule has 1 aromatic heterocycles. The van der Waals surface area contributed by atoms with E-state index in [4.69, 9.17) is 0 Å². The van der Waals surface area contributed by atoms with Gasteiger partial charge in [0.2, 0.25) is 0 Å². The molecule has 100 valence electrons. The van der Waals surface area contributed by atoms with E-state index in [0.717, 1.165) is 32.6 Å². The van der Waals surface area contributed by atoms with Crippen LogP contribution in [0.2, 0.25) is 0 Å². The van der Waals surface area contributed by atoms with E-state index in [1.807, 2.05) is 0 Å². The average molecular weight is 252 g/mol. The summed E-state index contributed by atoms with van der Waals surface area (Å²) in [5.41, 5.74) is 0.425. The molecule has 0 aromatic carbocycles. The molecular formula is C13H21FN4. The van der Waals surface area contributed by atoms with Crippen molar-refractivity contribution in [2.45, 2.75) is 26.7 Å². The van der Waals surface area contributed by atoms with Gasteiger partial charge in [-0.2, -0.15) is 0 Å². The van der Waals surface area contributed by atoms with Gasteiger partial charge in [0.25, 0.3) is 0 Å². The lowest BCUT2D eigenvalue weighted by molar-refractivity contribution is 0.390.